The van der Waals surface area contributed by atoms with Gasteiger partial charge in [-0.1, -0.05) is 78.4 Å². The number of carbonyl (C=O) groups excluding carboxylic acids is 2. The van der Waals surface area contributed by atoms with Gasteiger partial charge in [-0.05, 0) is 56.4 Å². The van der Waals surface area contributed by atoms with E-state index in [4.69, 9.17) is 12.2 Å². The molecule has 1 N–H and O–H groups in total. The number of benzene rings is 2. The number of hydrogen-bond donors (Lipinski definition) is 1. The van der Waals surface area contributed by atoms with E-state index in [1.165, 1.54) is 17.3 Å². The van der Waals surface area contributed by atoms with Crippen molar-refractivity contribution in [1.29, 1.82) is 0 Å². The van der Waals surface area contributed by atoms with Crippen molar-refractivity contribution >= 4 is 51.9 Å². The smallest absolute Gasteiger partial charge is 0.266 e. The number of anilines is 1. The number of unbranched alkanes of at least 4 members (excludes halogenated alkanes) is 2. The van der Waals surface area contributed by atoms with E-state index in [1.54, 1.807) is 4.90 Å². The van der Waals surface area contributed by atoms with Crippen molar-refractivity contribution in [1.82, 2.24) is 4.90 Å². The predicted octanol–water partition coefficient (Wildman–Crippen LogP) is 6.01. The van der Waals surface area contributed by atoms with E-state index in [1.807, 2.05) is 50.3 Å². The monoisotopic (exact) mass is 452 g/mol. The van der Waals surface area contributed by atoms with Crippen LogP contribution >= 0.6 is 24.0 Å². The van der Waals surface area contributed by atoms with E-state index in [0.717, 1.165) is 41.6 Å². The highest BCUT2D eigenvalue weighted by molar-refractivity contribution is 8.26. The lowest BCUT2D eigenvalue weighted by atomic mass is 10.0. The van der Waals surface area contributed by atoms with Crippen molar-refractivity contribution in [2.24, 2.45) is 0 Å². The first-order chi connectivity index (χ1) is 14.8. The molecule has 1 aliphatic rings. The molecule has 3 rings (SSSR count). The average Bonchev–Trinajstić information content (AvgIpc) is 2.98. The Balaban J connectivity index is 1.43. The van der Waals surface area contributed by atoms with Crippen LogP contribution < -0.4 is 5.32 Å². The van der Waals surface area contributed by atoms with E-state index in [0.29, 0.717) is 22.2 Å². The first kappa shape index (κ1) is 23.2. The number of carbonyl (C=O) groups is 2. The largest absolute Gasteiger partial charge is 0.326 e. The van der Waals surface area contributed by atoms with Gasteiger partial charge in [-0.2, -0.15) is 0 Å². The molecular weight excluding hydrogens is 424 g/mol. The Kier molecular flexibility index (Phi) is 8.04. The van der Waals surface area contributed by atoms with Gasteiger partial charge in [0.05, 0.1) is 4.91 Å². The molecule has 162 valence electrons. The summed E-state index contributed by atoms with van der Waals surface area (Å²) in [5, 5.41) is 3.05. The van der Waals surface area contributed by atoms with Crippen molar-refractivity contribution < 1.29 is 9.59 Å². The lowest BCUT2D eigenvalue weighted by molar-refractivity contribution is -0.122. The molecule has 1 heterocycles. The summed E-state index contributed by atoms with van der Waals surface area (Å²) in [4.78, 5) is 27.3. The third-order valence-corrected chi connectivity index (χ3v) is 6.58. The molecule has 1 saturated heterocycles. The second kappa shape index (κ2) is 10.7. The van der Waals surface area contributed by atoms with Crippen LogP contribution in [0.1, 0.15) is 47.9 Å². The number of nitrogens with one attached hydrogen (secondary N) is 1. The molecule has 0 saturated carbocycles. The summed E-state index contributed by atoms with van der Waals surface area (Å²) in [7, 11) is 0. The van der Waals surface area contributed by atoms with Crippen molar-refractivity contribution in [2.45, 2.75) is 46.5 Å². The summed E-state index contributed by atoms with van der Waals surface area (Å²) in [5.74, 6) is 0.00776. The third-order valence-electron chi connectivity index (χ3n) is 5.20. The summed E-state index contributed by atoms with van der Waals surface area (Å²) in [5.41, 5.74) is 5.28. The number of rotatable bonds is 8. The van der Waals surface area contributed by atoms with Crippen molar-refractivity contribution in [2.75, 3.05) is 11.9 Å². The van der Waals surface area contributed by atoms with Crippen LogP contribution in [0.4, 0.5) is 5.69 Å². The molecule has 0 aromatic heterocycles. The molecule has 0 radical (unpaired) electrons. The molecular formula is C25H28N2O2S2. The lowest BCUT2D eigenvalue weighted by Crippen LogP contribution is -2.29. The first-order valence-corrected chi connectivity index (χ1v) is 11.8. The van der Waals surface area contributed by atoms with E-state index in [2.05, 4.69) is 24.4 Å². The number of nitrogens with zero attached hydrogens (tertiary/aromatic N) is 1. The Morgan fingerprint density at radius 2 is 1.74 bits per heavy atom. The van der Waals surface area contributed by atoms with Gasteiger partial charge in [-0.3, -0.25) is 14.5 Å². The van der Waals surface area contributed by atoms with Gasteiger partial charge in [0, 0.05) is 18.7 Å². The minimum absolute atomic E-state index is 0.0260. The van der Waals surface area contributed by atoms with Crippen LogP contribution in [0.15, 0.2) is 47.4 Å². The highest BCUT2D eigenvalue weighted by Crippen LogP contribution is 2.32. The molecule has 0 aliphatic carbocycles. The zero-order chi connectivity index (χ0) is 22.4. The highest BCUT2D eigenvalue weighted by atomic mass is 32.2. The molecule has 31 heavy (non-hydrogen) atoms. The summed E-state index contributed by atoms with van der Waals surface area (Å²) in [6.07, 6.45) is 4.83. The predicted molar refractivity (Wildman–Crippen MR) is 134 cm³/mol. The molecule has 1 fully saturated rings. The number of thiocarbonyl (C=S) groups is 1. The fourth-order valence-corrected chi connectivity index (χ4v) is 5.01. The van der Waals surface area contributed by atoms with Crippen molar-refractivity contribution in [3.05, 3.63) is 69.6 Å². The van der Waals surface area contributed by atoms with Gasteiger partial charge in [0.15, 0.2) is 0 Å². The van der Waals surface area contributed by atoms with Crippen LogP contribution in [0, 0.1) is 20.8 Å². The van der Waals surface area contributed by atoms with Crippen LogP contribution in [0.2, 0.25) is 0 Å². The second-order valence-corrected chi connectivity index (χ2v) is 9.55. The zero-order valence-electron chi connectivity index (χ0n) is 18.2. The summed E-state index contributed by atoms with van der Waals surface area (Å²) < 4.78 is 0.607. The van der Waals surface area contributed by atoms with Gasteiger partial charge in [-0.15, -0.1) is 0 Å². The first-order valence-electron chi connectivity index (χ1n) is 10.5. The Morgan fingerprint density at radius 3 is 2.42 bits per heavy atom. The minimum Gasteiger partial charge on any atom is -0.326 e. The number of thioether (sulfide) groups is 1. The van der Waals surface area contributed by atoms with Gasteiger partial charge in [0.2, 0.25) is 5.91 Å². The molecule has 1 aliphatic heterocycles. The van der Waals surface area contributed by atoms with E-state index in [-0.39, 0.29) is 11.8 Å². The third kappa shape index (κ3) is 6.28. The normalized spacial score (nSPS) is 15.1. The molecule has 0 bridgehead atoms. The van der Waals surface area contributed by atoms with Gasteiger partial charge in [0.25, 0.3) is 5.91 Å². The van der Waals surface area contributed by atoms with Crippen LogP contribution in [0.25, 0.3) is 6.08 Å². The topological polar surface area (TPSA) is 49.4 Å². The van der Waals surface area contributed by atoms with Gasteiger partial charge in [-0.25, -0.2) is 0 Å². The van der Waals surface area contributed by atoms with Gasteiger partial charge in [0.1, 0.15) is 4.32 Å². The molecule has 2 amide bonds. The maximum Gasteiger partial charge on any atom is 0.266 e. The fraction of sp³-hybridized carbons (Fsp3) is 0.320. The van der Waals surface area contributed by atoms with Crippen molar-refractivity contribution in [3.63, 3.8) is 0 Å². The average molecular weight is 453 g/mol. The van der Waals surface area contributed by atoms with Gasteiger partial charge >= 0.3 is 0 Å². The van der Waals surface area contributed by atoms with Crippen molar-refractivity contribution in [3.8, 4) is 0 Å². The van der Waals surface area contributed by atoms with Gasteiger partial charge < -0.3 is 5.32 Å². The molecule has 0 unspecified atom stereocenters. The summed E-state index contributed by atoms with van der Waals surface area (Å²) >= 11 is 6.75. The number of aryl methyl sites for hydroxylation is 3. The SMILES string of the molecule is Cc1cc(C)c(NC(=O)CCCCCN2C(=O)C(=Cc3ccccc3)SC2=S)c(C)c1. The maximum atomic E-state index is 12.7. The number of amides is 2. The highest BCUT2D eigenvalue weighted by Gasteiger charge is 2.31. The quantitative estimate of drug-likeness (QED) is 0.303. The van der Waals surface area contributed by atoms with E-state index < -0.39 is 0 Å². The van der Waals surface area contributed by atoms with Crippen LogP contribution in [-0.4, -0.2) is 27.6 Å². The lowest BCUT2D eigenvalue weighted by Gasteiger charge is -2.14. The summed E-state index contributed by atoms with van der Waals surface area (Å²) in [6.45, 7) is 6.68. The second-order valence-electron chi connectivity index (χ2n) is 7.88. The molecule has 0 atom stereocenters. The Labute approximate surface area is 194 Å². The van der Waals surface area contributed by atoms with E-state index in [9.17, 15) is 9.59 Å². The molecule has 0 spiro atoms. The van der Waals surface area contributed by atoms with Crippen LogP contribution in [-0.2, 0) is 9.59 Å². The minimum atomic E-state index is -0.0260. The molecule has 2 aromatic carbocycles. The van der Waals surface area contributed by atoms with E-state index >= 15 is 0 Å². The fourth-order valence-electron chi connectivity index (χ4n) is 3.70. The molecule has 6 heteroatoms. The Morgan fingerprint density at radius 1 is 1.06 bits per heavy atom. The maximum absolute atomic E-state index is 12.7. The Bertz CT molecular complexity index is 992. The van der Waals surface area contributed by atoms with Crippen LogP contribution in [0.5, 0.6) is 0 Å². The standard InChI is InChI=1S/C25H28N2O2S2/c1-17-14-18(2)23(19(3)15-17)26-22(28)12-8-5-9-13-27-24(29)21(31-25(27)30)16-20-10-6-4-7-11-20/h4,6-7,10-11,14-16H,5,8-9,12-13H2,1-3H3,(H,26,28). The summed E-state index contributed by atoms with van der Waals surface area (Å²) in [6, 6.07) is 13.9. The molecule has 4 nitrogen and oxygen atoms in total. The Hall–Kier alpha value is -2.44. The van der Waals surface area contributed by atoms with Crippen LogP contribution in [0.3, 0.4) is 0 Å². The molecule has 2 aromatic rings. The zero-order valence-corrected chi connectivity index (χ0v) is 19.9. The number of hydrogen-bond acceptors (Lipinski definition) is 4.